The molecule has 0 amide bonds. The molecule has 5 nitrogen and oxygen atoms in total. The largest absolute Gasteiger partial charge is 0.382 e. The van der Waals surface area contributed by atoms with E-state index >= 15 is 0 Å². The molecule has 0 aliphatic heterocycles. The van der Waals surface area contributed by atoms with Crippen LogP contribution in [-0.4, -0.2) is 36.7 Å². The van der Waals surface area contributed by atoms with Crippen LogP contribution in [0.2, 0.25) is 0 Å². The summed E-state index contributed by atoms with van der Waals surface area (Å²) in [4.78, 5) is 0. The fourth-order valence-electron chi connectivity index (χ4n) is 1.04. The van der Waals surface area contributed by atoms with Crippen molar-refractivity contribution in [1.29, 1.82) is 0 Å². The molecule has 0 saturated carbocycles. The summed E-state index contributed by atoms with van der Waals surface area (Å²) in [5.74, 6) is 0. The van der Waals surface area contributed by atoms with Gasteiger partial charge in [-0.3, -0.25) is 4.68 Å². The molecule has 0 aromatic carbocycles. The third kappa shape index (κ3) is 3.87. The topological polar surface area (TPSA) is 62.3 Å². The molecule has 14 heavy (non-hydrogen) atoms. The van der Waals surface area contributed by atoms with Crippen LogP contribution in [0.4, 0.5) is 0 Å². The molecule has 0 aliphatic carbocycles. The normalized spacial score (nSPS) is 10.7. The summed E-state index contributed by atoms with van der Waals surface area (Å²) in [5.41, 5.74) is 6.50. The van der Waals surface area contributed by atoms with Gasteiger partial charge >= 0.3 is 0 Å². The van der Waals surface area contributed by atoms with Crippen LogP contribution in [-0.2, 0) is 22.6 Å². The van der Waals surface area contributed by atoms with Gasteiger partial charge in [-0.25, -0.2) is 0 Å². The number of nitrogens with two attached hydrogens (primary N) is 1. The number of ether oxygens (including phenoxy) is 2. The van der Waals surface area contributed by atoms with Crippen molar-refractivity contribution >= 4 is 0 Å². The summed E-state index contributed by atoms with van der Waals surface area (Å²) in [6.07, 6.45) is 3.70. The Balaban J connectivity index is 2.12. The molecule has 1 rings (SSSR count). The van der Waals surface area contributed by atoms with Crippen LogP contribution >= 0.6 is 0 Å². The molecule has 1 aromatic heterocycles. The van der Waals surface area contributed by atoms with Crippen molar-refractivity contribution in [3.05, 3.63) is 18.0 Å². The van der Waals surface area contributed by atoms with Crippen molar-refractivity contribution < 1.29 is 9.47 Å². The lowest BCUT2D eigenvalue weighted by Crippen LogP contribution is -2.09. The third-order valence-corrected chi connectivity index (χ3v) is 1.82. The SMILES string of the molecule is COCCOCCn1cc(CN)cn1. The summed E-state index contributed by atoms with van der Waals surface area (Å²) >= 11 is 0. The number of nitrogens with zero attached hydrogens (tertiary/aromatic N) is 2. The number of aromatic nitrogens is 2. The zero-order valence-electron chi connectivity index (χ0n) is 8.48. The van der Waals surface area contributed by atoms with E-state index in [2.05, 4.69) is 5.10 Å². The van der Waals surface area contributed by atoms with E-state index in [1.54, 1.807) is 13.3 Å². The van der Waals surface area contributed by atoms with E-state index in [0.29, 0.717) is 26.4 Å². The lowest BCUT2D eigenvalue weighted by molar-refractivity contribution is 0.0654. The van der Waals surface area contributed by atoms with Gasteiger partial charge in [0, 0.05) is 25.4 Å². The van der Waals surface area contributed by atoms with Gasteiger partial charge in [0.05, 0.1) is 32.6 Å². The highest BCUT2D eigenvalue weighted by Gasteiger charge is 1.95. The lowest BCUT2D eigenvalue weighted by atomic mass is 10.4. The summed E-state index contributed by atoms with van der Waals surface area (Å²) in [5, 5.41) is 4.13. The van der Waals surface area contributed by atoms with Crippen molar-refractivity contribution in [2.45, 2.75) is 13.1 Å². The molecule has 0 aliphatic rings. The minimum absolute atomic E-state index is 0.532. The highest BCUT2D eigenvalue weighted by molar-refractivity contribution is 5.02. The maximum atomic E-state index is 5.46. The summed E-state index contributed by atoms with van der Waals surface area (Å²) in [6, 6.07) is 0. The average molecular weight is 199 g/mol. The molecular weight excluding hydrogens is 182 g/mol. The second-order valence-corrected chi connectivity index (χ2v) is 2.92. The summed E-state index contributed by atoms with van der Waals surface area (Å²) < 4.78 is 12.0. The molecule has 80 valence electrons. The maximum Gasteiger partial charge on any atom is 0.0701 e. The van der Waals surface area contributed by atoms with Gasteiger partial charge in [-0.1, -0.05) is 0 Å². The van der Waals surface area contributed by atoms with Crippen molar-refractivity contribution in [1.82, 2.24) is 9.78 Å². The van der Waals surface area contributed by atoms with E-state index in [4.69, 9.17) is 15.2 Å². The molecule has 0 bridgehead atoms. The van der Waals surface area contributed by atoms with E-state index in [0.717, 1.165) is 12.1 Å². The standard InChI is InChI=1S/C9H17N3O2/c1-13-4-5-14-3-2-12-8-9(6-10)7-11-12/h7-8H,2-6,10H2,1H3. The molecule has 5 heteroatoms. The second kappa shape index (κ2) is 6.53. The second-order valence-electron chi connectivity index (χ2n) is 2.92. The monoisotopic (exact) mass is 199 g/mol. The molecule has 0 atom stereocenters. The van der Waals surface area contributed by atoms with Crippen LogP contribution in [0.5, 0.6) is 0 Å². The quantitative estimate of drug-likeness (QED) is 0.628. The third-order valence-electron chi connectivity index (χ3n) is 1.82. The van der Waals surface area contributed by atoms with E-state index in [1.165, 1.54) is 0 Å². The van der Waals surface area contributed by atoms with Gasteiger partial charge in [0.25, 0.3) is 0 Å². The lowest BCUT2D eigenvalue weighted by Gasteiger charge is -2.03. The number of rotatable bonds is 7. The van der Waals surface area contributed by atoms with E-state index in [-0.39, 0.29) is 0 Å². The number of methoxy groups -OCH3 is 1. The Morgan fingerprint density at radius 1 is 1.43 bits per heavy atom. The molecule has 0 saturated heterocycles. The van der Waals surface area contributed by atoms with Crippen molar-refractivity contribution in [2.24, 2.45) is 5.73 Å². The zero-order valence-corrected chi connectivity index (χ0v) is 8.48. The summed E-state index contributed by atoms with van der Waals surface area (Å²) in [7, 11) is 1.66. The molecule has 1 heterocycles. The number of hydrogen-bond donors (Lipinski definition) is 1. The first-order valence-corrected chi connectivity index (χ1v) is 4.65. The Labute approximate surface area is 83.8 Å². The molecule has 1 aromatic rings. The van der Waals surface area contributed by atoms with Crippen LogP contribution in [0.25, 0.3) is 0 Å². The predicted octanol–water partition coefficient (Wildman–Crippen LogP) is 0.00480. The molecule has 0 unspecified atom stereocenters. The fraction of sp³-hybridized carbons (Fsp3) is 0.667. The van der Waals surface area contributed by atoms with Gasteiger partial charge in [0.1, 0.15) is 0 Å². The van der Waals surface area contributed by atoms with E-state index < -0.39 is 0 Å². The Morgan fingerprint density at radius 2 is 2.29 bits per heavy atom. The first-order chi connectivity index (χ1) is 6.86. The summed E-state index contributed by atoms with van der Waals surface area (Å²) in [6.45, 7) is 3.19. The fourth-order valence-corrected chi connectivity index (χ4v) is 1.04. The van der Waals surface area contributed by atoms with Gasteiger partial charge in [0.2, 0.25) is 0 Å². The molecule has 0 spiro atoms. The van der Waals surface area contributed by atoms with Crippen LogP contribution < -0.4 is 5.73 Å². The Morgan fingerprint density at radius 3 is 2.93 bits per heavy atom. The minimum atomic E-state index is 0.532. The van der Waals surface area contributed by atoms with E-state index in [1.807, 2.05) is 10.9 Å². The predicted molar refractivity (Wildman–Crippen MR) is 52.8 cm³/mol. The molecule has 0 radical (unpaired) electrons. The van der Waals surface area contributed by atoms with E-state index in [9.17, 15) is 0 Å². The first kappa shape index (κ1) is 11.2. The smallest absolute Gasteiger partial charge is 0.0701 e. The first-order valence-electron chi connectivity index (χ1n) is 4.65. The van der Waals surface area contributed by atoms with Crippen molar-refractivity contribution in [2.75, 3.05) is 26.9 Å². The van der Waals surface area contributed by atoms with Crippen molar-refractivity contribution in [3.8, 4) is 0 Å². The highest BCUT2D eigenvalue weighted by Crippen LogP contribution is 1.95. The van der Waals surface area contributed by atoms with Gasteiger partial charge in [0.15, 0.2) is 0 Å². The molecule has 0 fully saturated rings. The minimum Gasteiger partial charge on any atom is -0.382 e. The Hall–Kier alpha value is -0.910. The van der Waals surface area contributed by atoms with Crippen LogP contribution in [0, 0.1) is 0 Å². The van der Waals surface area contributed by atoms with Crippen molar-refractivity contribution in [3.63, 3.8) is 0 Å². The Bertz CT molecular complexity index is 250. The van der Waals surface area contributed by atoms with Crippen LogP contribution in [0.15, 0.2) is 12.4 Å². The molecule has 2 N–H and O–H groups in total. The zero-order chi connectivity index (χ0) is 10.2. The van der Waals surface area contributed by atoms with Gasteiger partial charge in [-0.15, -0.1) is 0 Å². The van der Waals surface area contributed by atoms with Crippen LogP contribution in [0.1, 0.15) is 5.56 Å². The number of hydrogen-bond acceptors (Lipinski definition) is 4. The highest BCUT2D eigenvalue weighted by atomic mass is 16.5. The molecular formula is C9H17N3O2. The van der Waals surface area contributed by atoms with Gasteiger partial charge in [-0.05, 0) is 0 Å². The van der Waals surface area contributed by atoms with Gasteiger partial charge < -0.3 is 15.2 Å². The van der Waals surface area contributed by atoms with Gasteiger partial charge in [-0.2, -0.15) is 5.10 Å². The average Bonchev–Trinajstić information content (AvgIpc) is 2.65. The maximum absolute atomic E-state index is 5.46. The van der Waals surface area contributed by atoms with Crippen LogP contribution in [0.3, 0.4) is 0 Å². The Kier molecular flexibility index (Phi) is 5.21.